The minimum atomic E-state index is 0.436. The van der Waals surface area contributed by atoms with Gasteiger partial charge in [0.15, 0.2) is 5.82 Å². The van der Waals surface area contributed by atoms with Gasteiger partial charge in [-0.2, -0.15) is 4.98 Å². The van der Waals surface area contributed by atoms with Crippen molar-refractivity contribution in [2.45, 2.75) is 6.92 Å². The van der Waals surface area contributed by atoms with E-state index >= 15 is 0 Å². The van der Waals surface area contributed by atoms with Crippen LogP contribution >= 0.6 is 23.5 Å². The summed E-state index contributed by atoms with van der Waals surface area (Å²) < 4.78 is 9.20. The lowest BCUT2D eigenvalue weighted by Gasteiger charge is -2.32. The van der Waals surface area contributed by atoms with E-state index in [0.29, 0.717) is 23.4 Å². The van der Waals surface area contributed by atoms with Crippen LogP contribution < -0.4 is 25.0 Å². The topological polar surface area (TPSA) is 77.6 Å². The number of fused-ring (bicyclic) bond motifs is 1. The van der Waals surface area contributed by atoms with Gasteiger partial charge in [-0.15, -0.1) is 0 Å². The fourth-order valence-corrected chi connectivity index (χ4v) is 4.14. The highest BCUT2D eigenvalue weighted by Crippen LogP contribution is 2.35. The number of hydrogen-bond donors (Lipinski definition) is 3. The summed E-state index contributed by atoms with van der Waals surface area (Å²) >= 11 is 7.90. The molecule has 0 saturated carbocycles. The highest BCUT2D eigenvalue weighted by atomic mass is 35.5. The number of para-hydroxylation sites is 2. The van der Waals surface area contributed by atoms with Gasteiger partial charge in [-0.05, 0) is 37.9 Å². The number of hydrogen-bond acceptors (Lipinski definition) is 9. The molecule has 0 aliphatic carbocycles. The molecule has 180 valence electrons. The smallest absolute Gasteiger partial charge is 0.229 e. The van der Waals surface area contributed by atoms with Crippen molar-refractivity contribution in [2.24, 2.45) is 0 Å². The number of nitrogens with zero attached hydrogens (tertiary/aromatic N) is 4. The number of ether oxygens (including phenoxy) is 1. The maximum Gasteiger partial charge on any atom is 0.229 e. The average molecular weight is 500 g/mol. The molecule has 0 amide bonds. The lowest BCUT2D eigenvalue weighted by molar-refractivity contribution is 0.298. The van der Waals surface area contributed by atoms with Crippen molar-refractivity contribution < 1.29 is 4.74 Å². The number of aromatic nitrogens is 2. The molecule has 8 nitrogen and oxygen atoms in total. The van der Waals surface area contributed by atoms with E-state index in [-0.39, 0.29) is 0 Å². The molecule has 0 unspecified atom stereocenters. The maximum absolute atomic E-state index is 6.38. The number of nitrogens with one attached hydrogen (secondary N) is 3. The van der Waals surface area contributed by atoms with E-state index in [9.17, 15) is 0 Å². The Morgan fingerprint density at radius 3 is 2.79 bits per heavy atom. The van der Waals surface area contributed by atoms with Gasteiger partial charge in [0, 0.05) is 31.1 Å². The lowest BCUT2D eigenvalue weighted by Crippen LogP contribution is -2.38. The van der Waals surface area contributed by atoms with Gasteiger partial charge in [-0.25, -0.2) is 4.98 Å². The van der Waals surface area contributed by atoms with Crippen LogP contribution in [0.5, 0.6) is 5.75 Å². The molecule has 0 fully saturated rings. The van der Waals surface area contributed by atoms with Crippen molar-refractivity contribution in [1.29, 1.82) is 0 Å². The second-order valence-electron chi connectivity index (χ2n) is 7.91. The molecule has 0 saturated heterocycles. The first-order chi connectivity index (χ1) is 16.6. The first kappa shape index (κ1) is 24.3. The van der Waals surface area contributed by atoms with Crippen LogP contribution in [-0.4, -0.2) is 61.0 Å². The molecule has 34 heavy (non-hydrogen) atoms. The molecule has 1 aliphatic heterocycles. The van der Waals surface area contributed by atoms with Crippen molar-refractivity contribution >= 4 is 58.1 Å². The SMILES string of the molecule is CCN(C)CCN1CCOc2cc(Nc3ncc(Cl)c(Nc4ccccc4NSC)n3)ccc21. The van der Waals surface area contributed by atoms with Crippen LogP contribution in [0.2, 0.25) is 5.02 Å². The van der Waals surface area contributed by atoms with Crippen molar-refractivity contribution in [3.8, 4) is 5.75 Å². The summed E-state index contributed by atoms with van der Waals surface area (Å²) in [6.45, 7) is 6.75. The van der Waals surface area contributed by atoms with Crippen LogP contribution in [0.25, 0.3) is 0 Å². The summed E-state index contributed by atoms with van der Waals surface area (Å²) in [5.41, 5.74) is 3.78. The third-order valence-electron chi connectivity index (χ3n) is 5.60. The molecule has 10 heteroatoms. The van der Waals surface area contributed by atoms with Gasteiger partial charge in [0.2, 0.25) is 5.95 Å². The third-order valence-corrected chi connectivity index (χ3v) is 6.30. The number of likely N-dealkylation sites (N-methyl/N-ethyl adjacent to an activating group) is 1. The fourth-order valence-electron chi connectivity index (χ4n) is 3.60. The van der Waals surface area contributed by atoms with Gasteiger partial charge in [-0.3, -0.25) is 0 Å². The van der Waals surface area contributed by atoms with E-state index in [1.807, 2.05) is 42.7 Å². The Balaban J connectivity index is 1.49. The zero-order valence-corrected chi connectivity index (χ0v) is 21.2. The predicted molar refractivity (Wildman–Crippen MR) is 145 cm³/mol. The molecular weight excluding hydrogens is 470 g/mol. The normalized spacial score (nSPS) is 12.8. The minimum Gasteiger partial charge on any atom is -0.489 e. The van der Waals surface area contributed by atoms with Gasteiger partial charge in [0.05, 0.1) is 29.8 Å². The van der Waals surface area contributed by atoms with Crippen LogP contribution in [0.3, 0.4) is 0 Å². The predicted octanol–water partition coefficient (Wildman–Crippen LogP) is 5.46. The second kappa shape index (κ2) is 11.5. The number of anilines is 6. The largest absolute Gasteiger partial charge is 0.489 e. The summed E-state index contributed by atoms with van der Waals surface area (Å²) in [5.74, 6) is 1.83. The highest BCUT2D eigenvalue weighted by Gasteiger charge is 2.19. The Morgan fingerprint density at radius 2 is 2.00 bits per heavy atom. The molecule has 0 radical (unpaired) electrons. The first-order valence-corrected chi connectivity index (χ1v) is 12.8. The number of rotatable bonds is 10. The van der Waals surface area contributed by atoms with E-state index in [2.05, 4.69) is 55.2 Å². The Hall–Kier alpha value is -2.88. The van der Waals surface area contributed by atoms with Gasteiger partial charge < -0.3 is 29.9 Å². The van der Waals surface area contributed by atoms with E-state index in [4.69, 9.17) is 16.3 Å². The summed E-state index contributed by atoms with van der Waals surface area (Å²) in [5, 5.41) is 7.01. The van der Waals surface area contributed by atoms with Crippen molar-refractivity contribution in [3.05, 3.63) is 53.7 Å². The monoisotopic (exact) mass is 499 g/mol. The average Bonchev–Trinajstić information content (AvgIpc) is 2.85. The van der Waals surface area contributed by atoms with Crippen LogP contribution in [0.15, 0.2) is 48.7 Å². The molecule has 0 spiro atoms. The van der Waals surface area contributed by atoms with E-state index in [0.717, 1.165) is 54.7 Å². The first-order valence-electron chi connectivity index (χ1n) is 11.2. The van der Waals surface area contributed by atoms with Crippen molar-refractivity contribution in [3.63, 3.8) is 0 Å². The molecule has 2 heterocycles. The molecule has 2 aromatic carbocycles. The summed E-state index contributed by atoms with van der Waals surface area (Å²) in [6, 6.07) is 14.0. The minimum absolute atomic E-state index is 0.436. The van der Waals surface area contributed by atoms with Crippen LogP contribution in [0.4, 0.5) is 34.5 Å². The molecule has 4 rings (SSSR count). The second-order valence-corrected chi connectivity index (χ2v) is 8.93. The molecule has 1 aliphatic rings. The molecule has 0 bridgehead atoms. The molecule has 3 aromatic rings. The molecular formula is C24H30ClN7OS. The Bertz CT molecular complexity index is 1120. The van der Waals surface area contributed by atoms with Gasteiger partial charge in [0.1, 0.15) is 17.4 Å². The van der Waals surface area contributed by atoms with E-state index in [1.165, 1.54) is 11.9 Å². The summed E-state index contributed by atoms with van der Waals surface area (Å²) in [7, 11) is 2.14. The fraction of sp³-hybridized carbons (Fsp3) is 0.333. The lowest BCUT2D eigenvalue weighted by atomic mass is 10.2. The quantitative estimate of drug-likeness (QED) is 0.315. The summed E-state index contributed by atoms with van der Waals surface area (Å²) in [6.07, 6.45) is 3.56. The highest BCUT2D eigenvalue weighted by molar-refractivity contribution is 7.99. The van der Waals surface area contributed by atoms with Crippen molar-refractivity contribution in [1.82, 2.24) is 14.9 Å². The van der Waals surface area contributed by atoms with Crippen LogP contribution in [0.1, 0.15) is 6.92 Å². The van der Waals surface area contributed by atoms with Crippen LogP contribution in [-0.2, 0) is 0 Å². The maximum atomic E-state index is 6.38. The van der Waals surface area contributed by atoms with Gasteiger partial charge >= 0.3 is 0 Å². The van der Waals surface area contributed by atoms with Gasteiger partial charge in [0.25, 0.3) is 0 Å². The van der Waals surface area contributed by atoms with E-state index in [1.54, 1.807) is 6.20 Å². The Kier molecular flexibility index (Phi) is 8.21. The standard InChI is InChI=1S/C24H30ClN7OS/c1-4-31(2)11-12-32-13-14-33-22-15-17(9-10-21(22)32)27-24-26-16-18(25)23(29-24)28-19-7-5-6-8-20(19)30-34-3/h5-10,15-16,30H,4,11-14H2,1-3H3,(H2,26,27,28,29). The summed E-state index contributed by atoms with van der Waals surface area (Å²) in [4.78, 5) is 13.6. The zero-order valence-electron chi connectivity index (χ0n) is 19.6. The molecule has 3 N–H and O–H groups in total. The number of benzene rings is 2. The zero-order chi connectivity index (χ0) is 23.9. The van der Waals surface area contributed by atoms with Gasteiger partial charge in [-0.1, -0.05) is 42.6 Å². The Morgan fingerprint density at radius 1 is 1.18 bits per heavy atom. The molecule has 1 aromatic heterocycles. The number of halogens is 1. The third kappa shape index (κ3) is 5.97. The molecule has 0 atom stereocenters. The van der Waals surface area contributed by atoms with Crippen LogP contribution in [0, 0.1) is 0 Å². The van der Waals surface area contributed by atoms with Crippen molar-refractivity contribution in [2.75, 3.05) is 66.3 Å². The van der Waals surface area contributed by atoms with E-state index < -0.39 is 0 Å². The Labute approximate surface area is 210 Å².